The second-order valence-corrected chi connectivity index (χ2v) is 6.42. The molecule has 0 bridgehead atoms. The molecule has 3 aromatic heterocycles. The van der Waals surface area contributed by atoms with Gasteiger partial charge in [-0.2, -0.15) is 13.2 Å². The van der Waals surface area contributed by atoms with E-state index in [1.54, 1.807) is 6.07 Å². The number of fused-ring (bicyclic) bond motifs is 1. The fourth-order valence-corrected chi connectivity index (χ4v) is 2.60. The van der Waals surface area contributed by atoms with Crippen LogP contribution < -0.4 is 15.8 Å². The van der Waals surface area contributed by atoms with E-state index in [2.05, 4.69) is 20.4 Å². The minimum absolute atomic E-state index is 0.242. The molecule has 0 radical (unpaired) electrons. The average molecular weight is 392 g/mol. The molecule has 3 heterocycles. The van der Waals surface area contributed by atoms with E-state index in [0.29, 0.717) is 18.3 Å². The maximum absolute atomic E-state index is 13.0. The minimum atomic E-state index is -4.66. The average Bonchev–Trinajstić information content (AvgIpc) is 3.40. The Morgan fingerprint density at radius 1 is 1.36 bits per heavy atom. The van der Waals surface area contributed by atoms with Crippen LogP contribution in [0.1, 0.15) is 28.9 Å². The normalized spacial score (nSPS) is 14.2. The predicted octanol–water partition coefficient (Wildman–Crippen LogP) is 2.77. The summed E-state index contributed by atoms with van der Waals surface area (Å²) < 4.78 is 45.6. The molecule has 28 heavy (non-hydrogen) atoms. The maximum atomic E-state index is 13.0. The number of halogens is 3. The lowest BCUT2D eigenvalue weighted by molar-refractivity contribution is -0.141. The fourth-order valence-electron chi connectivity index (χ4n) is 2.60. The van der Waals surface area contributed by atoms with Crippen LogP contribution in [0.25, 0.3) is 5.65 Å². The molecule has 1 fully saturated rings. The first kappa shape index (κ1) is 18.0. The number of anilines is 2. The maximum Gasteiger partial charge on any atom is 0.433 e. The summed E-state index contributed by atoms with van der Waals surface area (Å²) >= 11 is 0. The number of hydrogen-bond acceptors (Lipinski definition) is 6. The Morgan fingerprint density at radius 3 is 2.86 bits per heavy atom. The number of ether oxygens (including phenoxy) is 1. The molecule has 8 nitrogen and oxygen atoms in total. The van der Waals surface area contributed by atoms with Gasteiger partial charge in [-0.05, 0) is 24.8 Å². The number of rotatable bonds is 5. The summed E-state index contributed by atoms with van der Waals surface area (Å²) in [6.07, 6.45) is 1.47. The van der Waals surface area contributed by atoms with Crippen LogP contribution in [0.3, 0.4) is 0 Å². The summed E-state index contributed by atoms with van der Waals surface area (Å²) in [6.45, 7) is 0.516. The Labute approximate surface area is 156 Å². The highest BCUT2D eigenvalue weighted by Crippen LogP contribution is 2.32. The van der Waals surface area contributed by atoms with Gasteiger partial charge < -0.3 is 15.8 Å². The molecule has 146 valence electrons. The molecule has 0 aromatic carbocycles. The van der Waals surface area contributed by atoms with Gasteiger partial charge in [-0.15, -0.1) is 5.10 Å². The van der Waals surface area contributed by atoms with Gasteiger partial charge in [-0.3, -0.25) is 9.78 Å². The standard InChI is InChI=1S/C17H15F3N6O2/c18-17(19,20)12-4-6-26-15(24-12)13(14(21)25-26)16(27)23-10-7-22-5-3-11(10)28-8-9-1-2-9/h3-7,9H,1-2,8H2,(H2,21,25)(H,23,27). The molecule has 3 aromatic rings. The van der Waals surface area contributed by atoms with Crippen molar-refractivity contribution in [2.24, 2.45) is 5.92 Å². The number of nitrogens with zero attached hydrogens (tertiary/aromatic N) is 4. The SMILES string of the molecule is Nc1nn2ccc(C(F)(F)F)nc2c1C(=O)Nc1cnccc1OCC1CC1. The van der Waals surface area contributed by atoms with Crippen molar-refractivity contribution in [1.82, 2.24) is 19.6 Å². The van der Waals surface area contributed by atoms with Gasteiger partial charge in [0.2, 0.25) is 0 Å². The number of carbonyl (C=O) groups is 1. The topological polar surface area (TPSA) is 107 Å². The summed E-state index contributed by atoms with van der Waals surface area (Å²) in [5.41, 5.74) is 4.32. The van der Waals surface area contributed by atoms with E-state index in [0.717, 1.165) is 29.6 Å². The molecule has 4 rings (SSSR count). The Bertz CT molecular complexity index is 1050. The number of pyridine rings is 1. The van der Waals surface area contributed by atoms with Crippen LogP contribution in [0.15, 0.2) is 30.7 Å². The summed E-state index contributed by atoms with van der Waals surface area (Å²) in [5.74, 6) is -0.0940. The molecule has 0 spiro atoms. The van der Waals surface area contributed by atoms with Gasteiger partial charge in [0, 0.05) is 18.5 Å². The second-order valence-electron chi connectivity index (χ2n) is 6.42. The van der Waals surface area contributed by atoms with E-state index in [4.69, 9.17) is 10.5 Å². The number of nitrogens with one attached hydrogen (secondary N) is 1. The third-order valence-corrected chi connectivity index (χ3v) is 4.23. The number of hydrogen-bond donors (Lipinski definition) is 2. The zero-order valence-electron chi connectivity index (χ0n) is 14.4. The lowest BCUT2D eigenvalue weighted by atomic mass is 10.2. The number of nitrogens with two attached hydrogens (primary N) is 1. The summed E-state index contributed by atoms with van der Waals surface area (Å²) in [7, 11) is 0. The zero-order valence-corrected chi connectivity index (χ0v) is 14.4. The van der Waals surface area contributed by atoms with Crippen LogP contribution in [-0.2, 0) is 6.18 Å². The molecule has 1 aliphatic rings. The quantitative estimate of drug-likeness (QED) is 0.691. The van der Waals surface area contributed by atoms with Gasteiger partial charge in [-0.25, -0.2) is 9.50 Å². The Morgan fingerprint density at radius 2 is 2.14 bits per heavy atom. The van der Waals surface area contributed by atoms with Crippen molar-refractivity contribution in [3.8, 4) is 5.75 Å². The van der Waals surface area contributed by atoms with Gasteiger partial charge in [0.05, 0.1) is 12.8 Å². The monoisotopic (exact) mass is 392 g/mol. The number of aromatic nitrogens is 4. The van der Waals surface area contributed by atoms with Crippen molar-refractivity contribution in [2.45, 2.75) is 19.0 Å². The molecule has 0 unspecified atom stereocenters. The van der Waals surface area contributed by atoms with E-state index in [9.17, 15) is 18.0 Å². The van der Waals surface area contributed by atoms with Gasteiger partial charge in [0.15, 0.2) is 11.5 Å². The number of carbonyl (C=O) groups excluding carboxylic acids is 1. The highest BCUT2D eigenvalue weighted by atomic mass is 19.4. The number of alkyl halides is 3. The van der Waals surface area contributed by atoms with Crippen molar-refractivity contribution >= 4 is 23.1 Å². The van der Waals surface area contributed by atoms with Crippen molar-refractivity contribution in [1.29, 1.82) is 0 Å². The van der Waals surface area contributed by atoms with E-state index in [1.165, 1.54) is 12.4 Å². The Hall–Kier alpha value is -3.37. The molecule has 0 saturated heterocycles. The number of nitrogen functional groups attached to an aromatic ring is 1. The molecule has 0 aliphatic heterocycles. The van der Waals surface area contributed by atoms with Crippen molar-refractivity contribution in [2.75, 3.05) is 17.7 Å². The van der Waals surface area contributed by atoms with Crippen LogP contribution in [0, 0.1) is 5.92 Å². The fraction of sp³-hybridized carbons (Fsp3) is 0.294. The van der Waals surface area contributed by atoms with Gasteiger partial charge >= 0.3 is 6.18 Å². The van der Waals surface area contributed by atoms with Crippen LogP contribution in [0.4, 0.5) is 24.7 Å². The van der Waals surface area contributed by atoms with Gasteiger partial charge in [-0.1, -0.05) is 0 Å². The minimum Gasteiger partial charge on any atom is -0.491 e. The largest absolute Gasteiger partial charge is 0.491 e. The molecular formula is C17H15F3N6O2. The van der Waals surface area contributed by atoms with Crippen LogP contribution >= 0.6 is 0 Å². The summed E-state index contributed by atoms with van der Waals surface area (Å²) in [5, 5.41) is 6.41. The smallest absolute Gasteiger partial charge is 0.433 e. The third kappa shape index (κ3) is 3.55. The molecule has 3 N–H and O–H groups in total. The molecule has 1 saturated carbocycles. The first-order valence-corrected chi connectivity index (χ1v) is 8.43. The molecular weight excluding hydrogens is 377 g/mol. The van der Waals surface area contributed by atoms with Crippen molar-refractivity contribution < 1.29 is 22.7 Å². The highest BCUT2D eigenvalue weighted by molar-refractivity contribution is 6.12. The molecule has 0 atom stereocenters. The molecule has 1 amide bonds. The number of amides is 1. The zero-order chi connectivity index (χ0) is 19.9. The Balaban J connectivity index is 1.65. The Kier molecular flexibility index (Phi) is 4.28. The van der Waals surface area contributed by atoms with E-state index >= 15 is 0 Å². The second kappa shape index (κ2) is 6.66. The van der Waals surface area contributed by atoms with Gasteiger partial charge in [0.1, 0.15) is 22.7 Å². The van der Waals surface area contributed by atoms with Crippen LogP contribution in [0.2, 0.25) is 0 Å². The van der Waals surface area contributed by atoms with Crippen LogP contribution in [-0.4, -0.2) is 32.1 Å². The molecule has 1 aliphatic carbocycles. The van der Waals surface area contributed by atoms with Crippen molar-refractivity contribution in [3.63, 3.8) is 0 Å². The molecule has 11 heteroatoms. The first-order valence-electron chi connectivity index (χ1n) is 8.43. The van der Waals surface area contributed by atoms with E-state index in [-0.39, 0.29) is 22.7 Å². The highest BCUT2D eigenvalue weighted by Gasteiger charge is 2.34. The van der Waals surface area contributed by atoms with Crippen molar-refractivity contribution in [3.05, 3.63) is 42.0 Å². The summed E-state index contributed by atoms with van der Waals surface area (Å²) in [4.78, 5) is 20.2. The summed E-state index contributed by atoms with van der Waals surface area (Å²) in [6, 6.07) is 2.35. The lowest BCUT2D eigenvalue weighted by Gasteiger charge is -2.11. The first-order chi connectivity index (χ1) is 13.3. The van der Waals surface area contributed by atoms with E-state index in [1.807, 2.05) is 0 Å². The van der Waals surface area contributed by atoms with Crippen LogP contribution in [0.5, 0.6) is 5.75 Å². The third-order valence-electron chi connectivity index (χ3n) is 4.23. The van der Waals surface area contributed by atoms with Gasteiger partial charge in [0.25, 0.3) is 5.91 Å². The predicted molar refractivity (Wildman–Crippen MR) is 92.8 cm³/mol. The lowest BCUT2D eigenvalue weighted by Crippen LogP contribution is -2.16. The van der Waals surface area contributed by atoms with E-state index < -0.39 is 17.8 Å².